The third kappa shape index (κ3) is 6.13. The summed E-state index contributed by atoms with van der Waals surface area (Å²) in [5.41, 5.74) is 2.09. The predicted octanol–water partition coefficient (Wildman–Crippen LogP) is 4.13. The van der Waals surface area contributed by atoms with Gasteiger partial charge in [-0.15, -0.1) is 0 Å². The van der Waals surface area contributed by atoms with Gasteiger partial charge in [-0.3, -0.25) is 14.4 Å². The molecule has 1 aromatic carbocycles. The normalized spacial score (nSPS) is 15.2. The topological polar surface area (TPSA) is 41.4 Å². The second-order valence-corrected chi connectivity index (χ2v) is 8.46. The van der Waals surface area contributed by atoms with Gasteiger partial charge < -0.3 is 4.90 Å². The maximum Gasteiger partial charge on any atom is 0.237 e. The molecule has 0 radical (unpaired) electrons. The number of benzene rings is 1. The van der Waals surface area contributed by atoms with Crippen molar-refractivity contribution < 1.29 is 9.18 Å². The number of rotatable bonds is 8. The van der Waals surface area contributed by atoms with Crippen molar-refractivity contribution in [3.63, 3.8) is 0 Å². The van der Waals surface area contributed by atoms with Crippen LogP contribution in [0.2, 0.25) is 0 Å². The molecule has 0 N–H and O–H groups in total. The Morgan fingerprint density at radius 3 is 2.41 bits per heavy atom. The number of hydrogen-bond acceptors (Lipinski definition) is 3. The Morgan fingerprint density at radius 2 is 1.83 bits per heavy atom. The summed E-state index contributed by atoms with van der Waals surface area (Å²) in [6.45, 7) is 5.86. The first-order chi connectivity index (χ1) is 13.9. The molecule has 29 heavy (non-hydrogen) atoms. The molecule has 1 fully saturated rings. The molecule has 3 rings (SSSR count). The van der Waals surface area contributed by atoms with Gasteiger partial charge in [-0.2, -0.15) is 5.10 Å². The van der Waals surface area contributed by atoms with Crippen LogP contribution in [0, 0.1) is 5.82 Å². The highest BCUT2D eigenvalue weighted by Crippen LogP contribution is 2.25. The van der Waals surface area contributed by atoms with E-state index in [0.29, 0.717) is 19.6 Å². The zero-order valence-electron chi connectivity index (χ0n) is 17.9. The molecule has 6 heteroatoms. The fourth-order valence-electron chi connectivity index (χ4n) is 4.07. The molecule has 0 atom stereocenters. The van der Waals surface area contributed by atoms with Crippen molar-refractivity contribution in [1.29, 1.82) is 0 Å². The minimum atomic E-state index is -0.244. The van der Waals surface area contributed by atoms with Gasteiger partial charge in [0, 0.05) is 44.0 Å². The van der Waals surface area contributed by atoms with Gasteiger partial charge in [0.25, 0.3) is 0 Å². The van der Waals surface area contributed by atoms with Crippen molar-refractivity contribution in [1.82, 2.24) is 19.6 Å². The first-order valence-electron chi connectivity index (χ1n) is 10.7. The van der Waals surface area contributed by atoms with Crippen LogP contribution in [0.25, 0.3) is 0 Å². The number of halogens is 1. The summed E-state index contributed by atoms with van der Waals surface area (Å²) in [4.78, 5) is 17.6. The van der Waals surface area contributed by atoms with E-state index in [2.05, 4.69) is 23.8 Å². The van der Waals surface area contributed by atoms with Crippen molar-refractivity contribution in [3.8, 4) is 0 Å². The summed E-state index contributed by atoms with van der Waals surface area (Å²) in [5, 5.41) is 4.24. The molecule has 0 saturated heterocycles. The maximum absolute atomic E-state index is 13.4. The van der Waals surface area contributed by atoms with Gasteiger partial charge in [0.05, 0.1) is 12.7 Å². The SMILES string of the molecule is CC(C)N(CC(=O)N(Cc1ccc(F)cc1)C1CCCCC1)Cc1cnn(C)c1. The van der Waals surface area contributed by atoms with Crippen LogP contribution in [0.4, 0.5) is 4.39 Å². The Bertz CT molecular complexity index is 780. The molecule has 0 bridgehead atoms. The Hall–Kier alpha value is -2.21. The molecule has 1 heterocycles. The lowest BCUT2D eigenvalue weighted by Crippen LogP contribution is -2.47. The van der Waals surface area contributed by atoms with Crippen LogP contribution in [0.5, 0.6) is 0 Å². The van der Waals surface area contributed by atoms with Crippen LogP contribution in [-0.4, -0.2) is 44.1 Å². The molecule has 0 spiro atoms. The molecular weight excluding hydrogens is 367 g/mol. The fraction of sp³-hybridized carbons (Fsp3) is 0.565. The van der Waals surface area contributed by atoms with Crippen LogP contribution in [0.3, 0.4) is 0 Å². The van der Waals surface area contributed by atoms with Crippen molar-refractivity contribution in [2.75, 3.05) is 6.54 Å². The summed E-state index contributed by atoms with van der Waals surface area (Å²) < 4.78 is 15.1. The summed E-state index contributed by atoms with van der Waals surface area (Å²) in [7, 11) is 1.90. The quantitative estimate of drug-likeness (QED) is 0.669. The molecule has 2 aromatic rings. The van der Waals surface area contributed by atoms with Gasteiger partial charge >= 0.3 is 0 Å². The summed E-state index contributed by atoms with van der Waals surface area (Å²) in [6, 6.07) is 7.04. The summed E-state index contributed by atoms with van der Waals surface area (Å²) in [6.07, 6.45) is 9.54. The smallest absolute Gasteiger partial charge is 0.237 e. The zero-order valence-corrected chi connectivity index (χ0v) is 17.9. The van der Waals surface area contributed by atoms with Gasteiger partial charge in [0.1, 0.15) is 5.82 Å². The van der Waals surface area contributed by atoms with Crippen LogP contribution < -0.4 is 0 Å². The van der Waals surface area contributed by atoms with E-state index in [0.717, 1.165) is 24.0 Å². The van der Waals surface area contributed by atoms with E-state index in [1.807, 2.05) is 24.3 Å². The standard InChI is InChI=1S/C23H33FN4O/c1-18(2)27(15-20-13-25-26(3)14-20)17-23(29)28(22-7-5-4-6-8-22)16-19-9-11-21(24)12-10-19/h9-14,18,22H,4-8,15-17H2,1-3H3. The molecule has 1 aliphatic rings. The number of hydrogen-bond donors (Lipinski definition) is 0. The van der Waals surface area contributed by atoms with E-state index in [1.165, 1.54) is 31.4 Å². The lowest BCUT2D eigenvalue weighted by atomic mass is 9.93. The lowest BCUT2D eigenvalue weighted by Gasteiger charge is -2.36. The molecule has 1 aromatic heterocycles. The van der Waals surface area contributed by atoms with Crippen molar-refractivity contribution in [2.45, 2.75) is 71.1 Å². The molecule has 0 aliphatic heterocycles. The minimum Gasteiger partial charge on any atom is -0.334 e. The van der Waals surface area contributed by atoms with E-state index >= 15 is 0 Å². The van der Waals surface area contributed by atoms with Gasteiger partial charge in [-0.25, -0.2) is 4.39 Å². The van der Waals surface area contributed by atoms with Crippen molar-refractivity contribution in [2.24, 2.45) is 7.05 Å². The van der Waals surface area contributed by atoms with E-state index in [9.17, 15) is 9.18 Å². The first kappa shape index (κ1) is 21.5. The molecular formula is C23H33FN4O. The van der Waals surface area contributed by atoms with Gasteiger partial charge in [0.15, 0.2) is 0 Å². The summed E-state index contributed by atoms with van der Waals surface area (Å²) >= 11 is 0. The molecule has 158 valence electrons. The highest BCUT2D eigenvalue weighted by molar-refractivity contribution is 5.78. The largest absolute Gasteiger partial charge is 0.334 e. The third-order valence-electron chi connectivity index (χ3n) is 5.81. The molecule has 0 unspecified atom stereocenters. The number of aromatic nitrogens is 2. The Kier molecular flexibility index (Phi) is 7.42. The lowest BCUT2D eigenvalue weighted by molar-refractivity contribution is -0.136. The van der Waals surface area contributed by atoms with E-state index in [4.69, 9.17) is 0 Å². The number of aryl methyl sites for hydroxylation is 1. The van der Waals surface area contributed by atoms with E-state index in [-0.39, 0.29) is 23.8 Å². The van der Waals surface area contributed by atoms with Crippen LogP contribution >= 0.6 is 0 Å². The highest BCUT2D eigenvalue weighted by atomic mass is 19.1. The number of carbonyl (C=O) groups excluding carboxylic acids is 1. The van der Waals surface area contributed by atoms with Gasteiger partial charge in [0.2, 0.25) is 5.91 Å². The molecule has 1 saturated carbocycles. The highest BCUT2D eigenvalue weighted by Gasteiger charge is 2.27. The Morgan fingerprint density at radius 1 is 1.14 bits per heavy atom. The average Bonchev–Trinajstić information content (AvgIpc) is 3.12. The number of nitrogens with zero attached hydrogens (tertiary/aromatic N) is 4. The second kappa shape index (κ2) is 10.0. The van der Waals surface area contributed by atoms with Crippen molar-refractivity contribution in [3.05, 3.63) is 53.6 Å². The number of amides is 1. The molecule has 1 aliphatic carbocycles. The minimum absolute atomic E-state index is 0.152. The monoisotopic (exact) mass is 400 g/mol. The van der Waals surface area contributed by atoms with E-state index < -0.39 is 0 Å². The first-order valence-corrected chi connectivity index (χ1v) is 10.7. The van der Waals surface area contributed by atoms with Crippen LogP contribution in [0.1, 0.15) is 57.1 Å². The zero-order chi connectivity index (χ0) is 20.8. The van der Waals surface area contributed by atoms with Gasteiger partial charge in [-0.1, -0.05) is 31.4 Å². The fourth-order valence-corrected chi connectivity index (χ4v) is 4.07. The van der Waals surface area contributed by atoms with Crippen LogP contribution in [-0.2, 0) is 24.9 Å². The average molecular weight is 401 g/mol. The van der Waals surface area contributed by atoms with Crippen molar-refractivity contribution >= 4 is 5.91 Å². The molecule has 5 nitrogen and oxygen atoms in total. The molecule has 1 amide bonds. The van der Waals surface area contributed by atoms with Gasteiger partial charge in [-0.05, 0) is 44.4 Å². The second-order valence-electron chi connectivity index (χ2n) is 8.46. The third-order valence-corrected chi connectivity index (χ3v) is 5.81. The Balaban J connectivity index is 1.73. The van der Waals surface area contributed by atoms with E-state index in [1.54, 1.807) is 16.8 Å². The maximum atomic E-state index is 13.4. The predicted molar refractivity (Wildman–Crippen MR) is 113 cm³/mol. The summed E-state index contributed by atoms with van der Waals surface area (Å²) in [5.74, 6) is -0.0921. The number of carbonyl (C=O) groups is 1. The van der Waals surface area contributed by atoms with Crippen LogP contribution in [0.15, 0.2) is 36.7 Å². The Labute approximate surface area is 173 Å².